The molecule has 0 aliphatic rings. The highest BCUT2D eigenvalue weighted by Gasteiger charge is 2.13. The van der Waals surface area contributed by atoms with E-state index in [9.17, 15) is 14.4 Å². The first-order valence-electron chi connectivity index (χ1n) is 9.21. The van der Waals surface area contributed by atoms with Crippen LogP contribution in [0, 0.1) is 6.92 Å². The first-order valence-corrected chi connectivity index (χ1v) is 9.21. The molecule has 1 amide bonds. The van der Waals surface area contributed by atoms with Gasteiger partial charge in [0.25, 0.3) is 5.91 Å². The molecule has 0 fully saturated rings. The molecular formula is C24H17NO5. The van der Waals surface area contributed by atoms with E-state index in [1.807, 2.05) is 12.1 Å². The molecule has 6 heteroatoms. The number of anilines is 1. The van der Waals surface area contributed by atoms with Crippen LogP contribution in [-0.4, -0.2) is 17.0 Å². The van der Waals surface area contributed by atoms with Crippen molar-refractivity contribution in [2.75, 3.05) is 5.32 Å². The van der Waals surface area contributed by atoms with E-state index in [-0.39, 0.29) is 5.56 Å². The minimum Gasteiger partial charge on any atom is -0.478 e. The molecule has 0 radical (unpaired) electrons. The molecule has 30 heavy (non-hydrogen) atoms. The monoisotopic (exact) mass is 399 g/mol. The van der Waals surface area contributed by atoms with Crippen molar-refractivity contribution in [3.05, 3.63) is 99.9 Å². The summed E-state index contributed by atoms with van der Waals surface area (Å²) in [6, 6.07) is 20.1. The quantitative estimate of drug-likeness (QED) is 0.484. The zero-order valence-electron chi connectivity index (χ0n) is 16.0. The van der Waals surface area contributed by atoms with Crippen molar-refractivity contribution in [3.63, 3.8) is 0 Å². The minimum absolute atomic E-state index is 0.0819. The fraction of sp³-hybridized carbons (Fsp3) is 0.0417. The van der Waals surface area contributed by atoms with Crippen LogP contribution in [0.4, 0.5) is 5.69 Å². The number of hydrogen-bond acceptors (Lipinski definition) is 4. The van der Waals surface area contributed by atoms with Crippen molar-refractivity contribution >= 4 is 28.5 Å². The molecule has 1 heterocycles. The largest absolute Gasteiger partial charge is 0.478 e. The third-order valence-corrected chi connectivity index (χ3v) is 4.81. The maximum atomic E-state index is 12.8. The molecule has 4 aromatic rings. The Labute approximate surface area is 171 Å². The summed E-state index contributed by atoms with van der Waals surface area (Å²) >= 11 is 0. The number of fused-ring (bicyclic) bond motifs is 1. The van der Waals surface area contributed by atoms with Crippen LogP contribution in [0.25, 0.3) is 22.1 Å². The van der Waals surface area contributed by atoms with E-state index in [0.29, 0.717) is 28.0 Å². The first kappa shape index (κ1) is 19.1. The van der Waals surface area contributed by atoms with Gasteiger partial charge in [0.1, 0.15) is 5.58 Å². The zero-order valence-corrected chi connectivity index (χ0v) is 16.0. The molecule has 0 bridgehead atoms. The van der Waals surface area contributed by atoms with Crippen molar-refractivity contribution in [2.24, 2.45) is 0 Å². The van der Waals surface area contributed by atoms with Gasteiger partial charge >= 0.3 is 11.6 Å². The van der Waals surface area contributed by atoms with Gasteiger partial charge in [-0.3, -0.25) is 4.79 Å². The van der Waals surface area contributed by atoms with Crippen molar-refractivity contribution in [1.29, 1.82) is 0 Å². The van der Waals surface area contributed by atoms with Crippen LogP contribution < -0.4 is 10.9 Å². The number of hydrogen-bond donors (Lipinski definition) is 2. The maximum Gasteiger partial charge on any atom is 0.344 e. The van der Waals surface area contributed by atoms with Gasteiger partial charge in [-0.2, -0.15) is 0 Å². The zero-order chi connectivity index (χ0) is 21.3. The Kier molecular flexibility index (Phi) is 4.90. The summed E-state index contributed by atoms with van der Waals surface area (Å²) in [6.07, 6.45) is 0. The lowest BCUT2D eigenvalue weighted by Gasteiger charge is -2.10. The number of carbonyl (C=O) groups is 2. The van der Waals surface area contributed by atoms with E-state index in [2.05, 4.69) is 5.32 Å². The van der Waals surface area contributed by atoms with Crippen molar-refractivity contribution in [1.82, 2.24) is 0 Å². The Morgan fingerprint density at radius 2 is 1.70 bits per heavy atom. The molecule has 148 valence electrons. The molecule has 3 aromatic carbocycles. The molecule has 0 aliphatic heterocycles. The molecule has 6 nitrogen and oxygen atoms in total. The number of aromatic carboxylic acids is 1. The van der Waals surface area contributed by atoms with Crippen LogP contribution >= 0.6 is 0 Å². The van der Waals surface area contributed by atoms with Crippen LogP contribution in [0.15, 0.2) is 82.0 Å². The van der Waals surface area contributed by atoms with Gasteiger partial charge in [-0.25, -0.2) is 9.59 Å². The number of para-hydroxylation sites is 1. The van der Waals surface area contributed by atoms with Gasteiger partial charge in [0, 0.05) is 16.6 Å². The smallest absolute Gasteiger partial charge is 0.344 e. The van der Waals surface area contributed by atoms with E-state index in [4.69, 9.17) is 9.52 Å². The number of amides is 1. The number of benzene rings is 3. The highest BCUT2D eigenvalue weighted by molar-refractivity contribution is 6.06. The predicted octanol–water partition coefficient (Wildman–Crippen LogP) is 4.72. The predicted molar refractivity (Wildman–Crippen MR) is 114 cm³/mol. The molecule has 0 aliphatic carbocycles. The molecule has 4 rings (SSSR count). The van der Waals surface area contributed by atoms with Gasteiger partial charge < -0.3 is 14.8 Å². The van der Waals surface area contributed by atoms with Gasteiger partial charge in [0.15, 0.2) is 0 Å². The van der Waals surface area contributed by atoms with Gasteiger partial charge in [-0.1, -0.05) is 36.4 Å². The standard InChI is InChI=1S/C24H17NO5/c1-14-9-10-18(23(27)28)13-20(14)25-22(26)17-7-4-6-15(11-17)19-12-16-5-2-3-8-21(16)30-24(19)29/h2-13H,1H3,(H,25,26)(H,27,28). The number of carboxylic acids is 1. The number of carbonyl (C=O) groups excluding carboxylic acids is 1. The Hall–Kier alpha value is -4.19. The van der Waals surface area contributed by atoms with E-state index in [0.717, 1.165) is 10.9 Å². The second-order valence-corrected chi connectivity index (χ2v) is 6.86. The third-order valence-electron chi connectivity index (χ3n) is 4.81. The summed E-state index contributed by atoms with van der Waals surface area (Å²) < 4.78 is 5.38. The van der Waals surface area contributed by atoms with E-state index in [1.165, 1.54) is 12.1 Å². The highest BCUT2D eigenvalue weighted by Crippen LogP contribution is 2.23. The van der Waals surface area contributed by atoms with E-state index in [1.54, 1.807) is 55.5 Å². The second kappa shape index (κ2) is 7.67. The molecular weight excluding hydrogens is 382 g/mol. The minimum atomic E-state index is -1.07. The molecule has 0 saturated heterocycles. The average Bonchev–Trinajstić information content (AvgIpc) is 2.74. The van der Waals surface area contributed by atoms with Gasteiger partial charge in [0.05, 0.1) is 11.1 Å². The van der Waals surface area contributed by atoms with Crippen LogP contribution in [0.1, 0.15) is 26.3 Å². The second-order valence-electron chi connectivity index (χ2n) is 6.86. The fourth-order valence-electron chi connectivity index (χ4n) is 3.18. The van der Waals surface area contributed by atoms with Gasteiger partial charge in [-0.05, 0) is 54.4 Å². The van der Waals surface area contributed by atoms with Gasteiger partial charge in [0.2, 0.25) is 0 Å². The Balaban J connectivity index is 1.68. The molecule has 0 saturated carbocycles. The molecule has 0 unspecified atom stereocenters. The Bertz CT molecular complexity index is 1350. The summed E-state index contributed by atoms with van der Waals surface area (Å²) in [5, 5.41) is 12.7. The van der Waals surface area contributed by atoms with Crippen molar-refractivity contribution in [2.45, 2.75) is 6.92 Å². The Morgan fingerprint density at radius 1 is 0.900 bits per heavy atom. The van der Waals surface area contributed by atoms with Crippen LogP contribution in [-0.2, 0) is 0 Å². The summed E-state index contributed by atoms with van der Waals surface area (Å²) in [5.74, 6) is -1.48. The normalized spacial score (nSPS) is 10.7. The highest BCUT2D eigenvalue weighted by atomic mass is 16.4. The lowest BCUT2D eigenvalue weighted by Crippen LogP contribution is -2.14. The molecule has 2 N–H and O–H groups in total. The number of rotatable bonds is 4. The van der Waals surface area contributed by atoms with E-state index >= 15 is 0 Å². The third kappa shape index (κ3) is 3.71. The van der Waals surface area contributed by atoms with Crippen molar-refractivity contribution < 1.29 is 19.1 Å². The number of nitrogens with one attached hydrogen (secondary N) is 1. The van der Waals surface area contributed by atoms with Crippen molar-refractivity contribution in [3.8, 4) is 11.1 Å². The lowest BCUT2D eigenvalue weighted by atomic mass is 10.0. The summed E-state index contributed by atoms with van der Waals surface area (Å²) in [7, 11) is 0. The number of carboxylic acid groups (broad SMARTS) is 1. The van der Waals surface area contributed by atoms with Crippen LogP contribution in [0.3, 0.4) is 0 Å². The first-order chi connectivity index (χ1) is 14.4. The topological polar surface area (TPSA) is 96.6 Å². The van der Waals surface area contributed by atoms with Crippen LogP contribution in [0.2, 0.25) is 0 Å². The Morgan fingerprint density at radius 3 is 2.50 bits per heavy atom. The molecule has 1 aromatic heterocycles. The summed E-state index contributed by atoms with van der Waals surface area (Å²) in [6.45, 7) is 1.78. The molecule has 0 atom stereocenters. The van der Waals surface area contributed by atoms with Gasteiger partial charge in [-0.15, -0.1) is 0 Å². The van der Waals surface area contributed by atoms with Crippen LogP contribution in [0.5, 0.6) is 0 Å². The summed E-state index contributed by atoms with van der Waals surface area (Å²) in [4.78, 5) is 36.4. The number of aryl methyl sites for hydroxylation is 1. The summed E-state index contributed by atoms with van der Waals surface area (Å²) in [5.41, 5.74) is 2.48. The lowest BCUT2D eigenvalue weighted by molar-refractivity contribution is 0.0696. The fourth-order valence-corrected chi connectivity index (χ4v) is 3.18. The SMILES string of the molecule is Cc1ccc(C(=O)O)cc1NC(=O)c1cccc(-c2cc3ccccc3oc2=O)c1. The maximum absolute atomic E-state index is 12.8. The average molecular weight is 399 g/mol. The molecule has 0 spiro atoms. The van der Waals surface area contributed by atoms with E-state index < -0.39 is 17.5 Å².